The van der Waals surface area contributed by atoms with Gasteiger partial charge in [-0.1, -0.05) is 18.2 Å². The summed E-state index contributed by atoms with van der Waals surface area (Å²) in [7, 11) is 0. The lowest BCUT2D eigenvalue weighted by Crippen LogP contribution is -2.11. The fraction of sp³-hybridized carbons (Fsp3) is 0.333. The zero-order chi connectivity index (χ0) is 13.0. The quantitative estimate of drug-likeness (QED) is 0.881. The fourth-order valence-corrected chi connectivity index (χ4v) is 1.60. The number of rotatable bonds is 5. The third-order valence-corrected chi connectivity index (χ3v) is 2.52. The van der Waals surface area contributed by atoms with Gasteiger partial charge in [-0.3, -0.25) is 0 Å². The van der Waals surface area contributed by atoms with E-state index in [1.165, 1.54) is 22.9 Å². The Morgan fingerprint density at radius 1 is 1.28 bits per heavy atom. The first-order valence-corrected chi connectivity index (χ1v) is 5.73. The first-order chi connectivity index (χ1) is 8.70. The normalized spacial score (nSPS) is 10.8. The maximum atomic E-state index is 13.4. The molecule has 1 N–H and O–H groups in total. The lowest BCUT2D eigenvalue weighted by Gasteiger charge is -2.03. The van der Waals surface area contributed by atoms with E-state index >= 15 is 0 Å². The molecule has 0 fully saturated rings. The van der Waals surface area contributed by atoms with Gasteiger partial charge in [-0.25, -0.2) is 13.5 Å². The van der Waals surface area contributed by atoms with Crippen molar-refractivity contribution < 1.29 is 8.78 Å². The summed E-state index contributed by atoms with van der Waals surface area (Å²) in [5, 5.41) is 10.9. The number of benzene rings is 1. The van der Waals surface area contributed by atoms with E-state index in [0.29, 0.717) is 6.54 Å². The molecule has 6 heteroatoms. The first kappa shape index (κ1) is 12.6. The van der Waals surface area contributed by atoms with E-state index in [9.17, 15) is 8.78 Å². The zero-order valence-electron chi connectivity index (χ0n) is 10.0. The summed E-state index contributed by atoms with van der Waals surface area (Å²) in [6.07, 6.45) is 1.68. The van der Waals surface area contributed by atoms with Gasteiger partial charge in [-0.05, 0) is 18.7 Å². The summed E-state index contributed by atoms with van der Waals surface area (Å²) in [6, 6.07) is 3.80. The van der Waals surface area contributed by atoms with E-state index in [0.717, 1.165) is 12.2 Å². The maximum absolute atomic E-state index is 13.4. The van der Waals surface area contributed by atoms with E-state index in [1.807, 2.05) is 6.92 Å². The van der Waals surface area contributed by atoms with Crippen molar-refractivity contribution in [1.82, 2.24) is 20.3 Å². The fourth-order valence-electron chi connectivity index (χ4n) is 1.60. The number of hydrogen-bond donors (Lipinski definition) is 1. The number of nitrogens with zero attached hydrogens (tertiary/aromatic N) is 3. The molecular formula is C12H14F2N4. The Hall–Kier alpha value is -1.82. The van der Waals surface area contributed by atoms with Crippen molar-refractivity contribution in [2.24, 2.45) is 0 Å². The first-order valence-electron chi connectivity index (χ1n) is 5.73. The van der Waals surface area contributed by atoms with Crippen LogP contribution < -0.4 is 5.32 Å². The lowest BCUT2D eigenvalue weighted by molar-refractivity contribution is 0.528. The highest BCUT2D eigenvalue weighted by molar-refractivity contribution is 5.19. The molecule has 2 aromatic rings. The van der Waals surface area contributed by atoms with Crippen LogP contribution in [-0.2, 0) is 13.1 Å². The summed E-state index contributed by atoms with van der Waals surface area (Å²) >= 11 is 0. The third-order valence-electron chi connectivity index (χ3n) is 2.52. The van der Waals surface area contributed by atoms with Crippen LogP contribution in [0, 0.1) is 11.6 Å². The molecule has 0 atom stereocenters. The topological polar surface area (TPSA) is 42.7 Å². The van der Waals surface area contributed by atoms with Crippen molar-refractivity contribution in [3.63, 3.8) is 0 Å². The number of halogens is 2. The van der Waals surface area contributed by atoms with Crippen molar-refractivity contribution in [3.05, 3.63) is 47.3 Å². The molecule has 1 heterocycles. The molecule has 0 amide bonds. The number of nitrogens with one attached hydrogen (secondary N) is 1. The Morgan fingerprint density at radius 2 is 2.00 bits per heavy atom. The van der Waals surface area contributed by atoms with Gasteiger partial charge in [-0.15, -0.1) is 5.10 Å². The Bertz CT molecular complexity index is 504. The highest BCUT2D eigenvalue weighted by Gasteiger charge is 2.10. The van der Waals surface area contributed by atoms with Gasteiger partial charge in [0.2, 0.25) is 0 Å². The van der Waals surface area contributed by atoms with Gasteiger partial charge in [0.1, 0.15) is 11.6 Å². The molecule has 0 radical (unpaired) electrons. The molecule has 1 aromatic carbocycles. The van der Waals surface area contributed by atoms with Gasteiger partial charge in [0.15, 0.2) is 0 Å². The van der Waals surface area contributed by atoms with E-state index < -0.39 is 11.6 Å². The van der Waals surface area contributed by atoms with Crippen molar-refractivity contribution in [1.29, 1.82) is 0 Å². The van der Waals surface area contributed by atoms with Gasteiger partial charge >= 0.3 is 0 Å². The Kier molecular flexibility index (Phi) is 3.99. The third kappa shape index (κ3) is 2.89. The monoisotopic (exact) mass is 252 g/mol. The van der Waals surface area contributed by atoms with Crippen LogP contribution in [0.5, 0.6) is 0 Å². The van der Waals surface area contributed by atoms with Crippen LogP contribution in [0.3, 0.4) is 0 Å². The molecule has 0 aliphatic carbocycles. The summed E-state index contributed by atoms with van der Waals surface area (Å²) < 4.78 is 28.3. The smallest absolute Gasteiger partial charge is 0.131 e. The Morgan fingerprint density at radius 3 is 2.67 bits per heavy atom. The summed E-state index contributed by atoms with van der Waals surface area (Å²) in [5.41, 5.74) is 0.742. The molecule has 1 aromatic heterocycles. The Labute approximate surface area is 104 Å². The van der Waals surface area contributed by atoms with Crippen molar-refractivity contribution in [2.45, 2.75) is 20.0 Å². The molecule has 0 bridgehead atoms. The van der Waals surface area contributed by atoms with Crippen LogP contribution in [0.4, 0.5) is 8.78 Å². The van der Waals surface area contributed by atoms with E-state index in [4.69, 9.17) is 0 Å². The van der Waals surface area contributed by atoms with Crippen molar-refractivity contribution in [2.75, 3.05) is 6.54 Å². The summed E-state index contributed by atoms with van der Waals surface area (Å²) in [5.74, 6) is -1.14. The SMILES string of the molecule is CCNCc1cn(Cc2c(F)cccc2F)nn1. The van der Waals surface area contributed by atoms with Gasteiger partial charge in [0.05, 0.1) is 18.4 Å². The molecule has 0 aliphatic heterocycles. The number of hydrogen-bond acceptors (Lipinski definition) is 3. The van der Waals surface area contributed by atoms with E-state index in [-0.39, 0.29) is 12.1 Å². The second kappa shape index (κ2) is 5.68. The summed E-state index contributed by atoms with van der Waals surface area (Å²) in [6.45, 7) is 3.45. The van der Waals surface area contributed by atoms with E-state index in [1.54, 1.807) is 6.20 Å². The zero-order valence-corrected chi connectivity index (χ0v) is 10.0. The molecule has 0 saturated heterocycles. The van der Waals surface area contributed by atoms with Crippen LogP contribution in [0.1, 0.15) is 18.2 Å². The van der Waals surface area contributed by atoms with Crippen molar-refractivity contribution >= 4 is 0 Å². The Balaban J connectivity index is 2.11. The lowest BCUT2D eigenvalue weighted by atomic mass is 10.2. The molecule has 4 nitrogen and oxygen atoms in total. The predicted molar refractivity (Wildman–Crippen MR) is 62.9 cm³/mol. The highest BCUT2D eigenvalue weighted by atomic mass is 19.1. The number of aromatic nitrogens is 3. The van der Waals surface area contributed by atoms with Crippen molar-refractivity contribution in [3.8, 4) is 0 Å². The van der Waals surface area contributed by atoms with Crippen LogP contribution in [0.2, 0.25) is 0 Å². The van der Waals surface area contributed by atoms with E-state index in [2.05, 4.69) is 15.6 Å². The molecule has 0 spiro atoms. The van der Waals surface area contributed by atoms with Crippen LogP contribution in [0.25, 0.3) is 0 Å². The minimum Gasteiger partial charge on any atom is -0.311 e. The summed E-state index contributed by atoms with van der Waals surface area (Å²) in [4.78, 5) is 0. The van der Waals surface area contributed by atoms with Crippen LogP contribution in [-0.4, -0.2) is 21.5 Å². The standard InChI is InChI=1S/C12H14F2N4/c1-2-15-6-9-7-18(17-16-9)8-10-11(13)4-3-5-12(10)14/h3-5,7,15H,2,6,8H2,1H3. The average molecular weight is 252 g/mol. The second-order valence-corrected chi connectivity index (χ2v) is 3.89. The van der Waals surface area contributed by atoms with Gasteiger partial charge < -0.3 is 5.32 Å². The minimum absolute atomic E-state index is 0.00241. The molecule has 2 rings (SSSR count). The molecule has 0 aliphatic rings. The minimum atomic E-state index is -0.571. The molecule has 0 saturated carbocycles. The molecular weight excluding hydrogens is 238 g/mol. The van der Waals surface area contributed by atoms with Gasteiger partial charge in [0, 0.05) is 12.1 Å². The average Bonchev–Trinajstić information content (AvgIpc) is 2.79. The molecule has 96 valence electrons. The molecule has 0 unspecified atom stereocenters. The largest absolute Gasteiger partial charge is 0.311 e. The van der Waals surface area contributed by atoms with Gasteiger partial charge in [-0.2, -0.15) is 0 Å². The molecule has 18 heavy (non-hydrogen) atoms. The second-order valence-electron chi connectivity index (χ2n) is 3.89. The maximum Gasteiger partial charge on any atom is 0.131 e. The van der Waals surface area contributed by atoms with Crippen LogP contribution >= 0.6 is 0 Å². The van der Waals surface area contributed by atoms with Gasteiger partial charge in [0.25, 0.3) is 0 Å². The van der Waals surface area contributed by atoms with Crippen LogP contribution in [0.15, 0.2) is 24.4 Å². The highest BCUT2D eigenvalue weighted by Crippen LogP contribution is 2.13. The predicted octanol–water partition coefficient (Wildman–Crippen LogP) is 1.71.